The Balaban J connectivity index is 2.66. The van der Waals surface area contributed by atoms with E-state index in [2.05, 4.69) is 4.72 Å². The number of ether oxygens (including phenoxy) is 1. The van der Waals surface area contributed by atoms with Gasteiger partial charge in [0.05, 0.1) is 17.9 Å². The van der Waals surface area contributed by atoms with Gasteiger partial charge in [0, 0.05) is 17.6 Å². The van der Waals surface area contributed by atoms with Crippen molar-refractivity contribution < 1.29 is 13.2 Å². The molecule has 1 aromatic rings. The topological polar surface area (TPSA) is 55.4 Å². The summed E-state index contributed by atoms with van der Waals surface area (Å²) in [5, 5.41) is 0.967. The second-order valence-electron chi connectivity index (χ2n) is 4.04. The molecule has 0 aromatic heterocycles. The molecule has 4 nitrogen and oxygen atoms in total. The first kappa shape index (κ1) is 16.6. The van der Waals surface area contributed by atoms with Gasteiger partial charge in [0.2, 0.25) is 10.0 Å². The molecule has 0 saturated carbocycles. The van der Waals surface area contributed by atoms with E-state index in [0.717, 1.165) is 5.56 Å². The van der Waals surface area contributed by atoms with Gasteiger partial charge in [-0.3, -0.25) is 0 Å². The van der Waals surface area contributed by atoms with Crippen LogP contribution in [-0.4, -0.2) is 27.8 Å². The number of methoxy groups -OCH3 is 1. The van der Waals surface area contributed by atoms with Gasteiger partial charge in [-0.25, -0.2) is 13.1 Å². The molecule has 0 fully saturated rings. The molecule has 0 atom stereocenters. The van der Waals surface area contributed by atoms with E-state index in [-0.39, 0.29) is 5.75 Å². The molecule has 0 radical (unpaired) electrons. The highest BCUT2D eigenvalue weighted by Crippen LogP contribution is 2.31. The van der Waals surface area contributed by atoms with Crippen LogP contribution in [0.1, 0.15) is 18.9 Å². The minimum Gasteiger partial charge on any atom is -0.495 e. The zero-order valence-corrected chi connectivity index (χ0v) is 13.2. The Bertz CT molecular complexity index is 532. The largest absolute Gasteiger partial charge is 0.495 e. The fourth-order valence-electron chi connectivity index (χ4n) is 1.60. The molecule has 19 heavy (non-hydrogen) atoms. The van der Waals surface area contributed by atoms with E-state index in [1.165, 1.54) is 7.11 Å². The molecule has 0 amide bonds. The minimum absolute atomic E-state index is 0.129. The molecule has 0 heterocycles. The second-order valence-corrected chi connectivity index (χ2v) is 6.78. The third-order valence-corrected chi connectivity index (χ3v) is 4.75. The highest BCUT2D eigenvalue weighted by molar-refractivity contribution is 7.89. The van der Waals surface area contributed by atoms with Gasteiger partial charge >= 0.3 is 0 Å². The maximum absolute atomic E-state index is 11.5. The Morgan fingerprint density at radius 1 is 1.26 bits per heavy atom. The summed E-state index contributed by atoms with van der Waals surface area (Å²) in [6.45, 7) is 2.12. The number of hydrogen-bond acceptors (Lipinski definition) is 3. The Kier molecular flexibility index (Phi) is 6.39. The fraction of sp³-hybridized carbons (Fsp3) is 0.500. The number of halogens is 2. The average molecular weight is 326 g/mol. The Hall–Kier alpha value is -0.490. The van der Waals surface area contributed by atoms with Gasteiger partial charge < -0.3 is 4.74 Å². The van der Waals surface area contributed by atoms with Gasteiger partial charge in [-0.1, -0.05) is 30.1 Å². The van der Waals surface area contributed by atoms with Gasteiger partial charge in [-0.05, 0) is 24.5 Å². The summed E-state index contributed by atoms with van der Waals surface area (Å²) in [6.07, 6.45) is 1.07. The summed E-state index contributed by atoms with van der Waals surface area (Å²) in [5.41, 5.74) is 0.784. The van der Waals surface area contributed by atoms with Crippen molar-refractivity contribution in [1.29, 1.82) is 0 Å². The van der Waals surface area contributed by atoms with Crippen LogP contribution in [0, 0.1) is 0 Å². The summed E-state index contributed by atoms with van der Waals surface area (Å²) < 4.78 is 30.5. The van der Waals surface area contributed by atoms with Crippen LogP contribution in [0.4, 0.5) is 0 Å². The number of sulfonamides is 1. The number of nitrogens with one attached hydrogen (secondary N) is 1. The molecule has 1 N–H and O–H groups in total. The van der Waals surface area contributed by atoms with E-state index in [9.17, 15) is 8.42 Å². The lowest BCUT2D eigenvalue weighted by atomic mass is 10.1. The standard InChI is InChI=1S/C12H17Cl2NO3S/c1-3-6-19(16,17)15-5-4-9-7-11(14)12(18-2)8-10(9)13/h7-8,15H,3-6H2,1-2H3. The minimum atomic E-state index is -3.19. The number of hydrogen-bond donors (Lipinski definition) is 1. The summed E-state index contributed by atoms with van der Waals surface area (Å²) >= 11 is 12.1. The number of rotatable bonds is 7. The van der Waals surface area contributed by atoms with Gasteiger partial charge in [-0.2, -0.15) is 0 Å². The predicted molar refractivity (Wildman–Crippen MR) is 78.8 cm³/mol. The maximum Gasteiger partial charge on any atom is 0.211 e. The molecule has 108 valence electrons. The Morgan fingerprint density at radius 2 is 1.95 bits per heavy atom. The molecule has 0 aliphatic rings. The highest BCUT2D eigenvalue weighted by Gasteiger charge is 2.10. The third-order valence-electron chi connectivity index (χ3n) is 2.51. The molecule has 1 rings (SSSR count). The fourth-order valence-corrected chi connectivity index (χ4v) is 3.21. The van der Waals surface area contributed by atoms with Gasteiger partial charge in [-0.15, -0.1) is 0 Å². The van der Waals surface area contributed by atoms with Crippen molar-refractivity contribution in [2.45, 2.75) is 19.8 Å². The van der Waals surface area contributed by atoms with Crippen molar-refractivity contribution in [3.05, 3.63) is 27.7 Å². The zero-order chi connectivity index (χ0) is 14.5. The predicted octanol–water partition coefficient (Wildman–Crippen LogP) is 2.87. The Labute approximate surface area is 124 Å². The molecule has 0 bridgehead atoms. The van der Waals surface area contributed by atoms with Crippen LogP contribution in [-0.2, 0) is 16.4 Å². The molecule has 0 spiro atoms. The SMILES string of the molecule is CCCS(=O)(=O)NCCc1cc(Cl)c(OC)cc1Cl. The van der Waals surface area contributed by atoms with Crippen molar-refractivity contribution in [3.63, 3.8) is 0 Å². The normalized spacial score (nSPS) is 11.6. The monoisotopic (exact) mass is 325 g/mol. The molecule has 0 aliphatic heterocycles. The first-order chi connectivity index (χ1) is 8.89. The smallest absolute Gasteiger partial charge is 0.211 e. The van der Waals surface area contributed by atoms with Crippen molar-refractivity contribution in [2.24, 2.45) is 0 Å². The van der Waals surface area contributed by atoms with Crippen molar-refractivity contribution in [2.75, 3.05) is 19.4 Å². The maximum atomic E-state index is 11.5. The van der Waals surface area contributed by atoms with E-state index in [0.29, 0.717) is 35.2 Å². The van der Waals surface area contributed by atoms with Gasteiger partial charge in [0.15, 0.2) is 0 Å². The van der Waals surface area contributed by atoms with E-state index >= 15 is 0 Å². The third kappa shape index (κ3) is 5.18. The lowest BCUT2D eigenvalue weighted by Gasteiger charge is -2.10. The van der Waals surface area contributed by atoms with Crippen LogP contribution in [0.5, 0.6) is 5.75 Å². The summed E-state index contributed by atoms with van der Waals surface area (Å²) in [5.74, 6) is 0.631. The molecular weight excluding hydrogens is 309 g/mol. The van der Waals surface area contributed by atoms with Crippen molar-refractivity contribution in [1.82, 2.24) is 4.72 Å². The molecule has 0 aliphatic carbocycles. The molecule has 0 saturated heterocycles. The second kappa shape index (κ2) is 7.33. The Morgan fingerprint density at radius 3 is 2.53 bits per heavy atom. The van der Waals surface area contributed by atoms with E-state index in [1.807, 2.05) is 6.92 Å². The van der Waals surface area contributed by atoms with E-state index in [1.54, 1.807) is 12.1 Å². The summed E-state index contributed by atoms with van der Waals surface area (Å²) in [7, 11) is -1.68. The molecule has 1 aromatic carbocycles. The first-order valence-corrected chi connectivity index (χ1v) is 8.29. The first-order valence-electron chi connectivity index (χ1n) is 5.89. The molecular formula is C12H17Cl2NO3S. The van der Waals surface area contributed by atoms with E-state index in [4.69, 9.17) is 27.9 Å². The van der Waals surface area contributed by atoms with Crippen LogP contribution >= 0.6 is 23.2 Å². The average Bonchev–Trinajstić information content (AvgIpc) is 2.32. The van der Waals surface area contributed by atoms with Crippen LogP contribution < -0.4 is 9.46 Å². The lowest BCUT2D eigenvalue weighted by Crippen LogP contribution is -2.28. The summed E-state index contributed by atoms with van der Waals surface area (Å²) in [4.78, 5) is 0. The molecule has 7 heteroatoms. The quantitative estimate of drug-likeness (QED) is 0.838. The van der Waals surface area contributed by atoms with Gasteiger partial charge in [0.1, 0.15) is 5.75 Å². The van der Waals surface area contributed by atoms with Crippen molar-refractivity contribution in [3.8, 4) is 5.75 Å². The van der Waals surface area contributed by atoms with Crippen LogP contribution in [0.2, 0.25) is 10.0 Å². The molecule has 0 unspecified atom stereocenters. The lowest BCUT2D eigenvalue weighted by molar-refractivity contribution is 0.415. The van der Waals surface area contributed by atoms with Crippen LogP contribution in [0.25, 0.3) is 0 Å². The zero-order valence-electron chi connectivity index (χ0n) is 10.9. The van der Waals surface area contributed by atoms with Crippen LogP contribution in [0.3, 0.4) is 0 Å². The van der Waals surface area contributed by atoms with Crippen LogP contribution in [0.15, 0.2) is 12.1 Å². The number of benzene rings is 1. The van der Waals surface area contributed by atoms with Gasteiger partial charge in [0.25, 0.3) is 0 Å². The summed E-state index contributed by atoms with van der Waals surface area (Å²) in [6, 6.07) is 3.32. The van der Waals surface area contributed by atoms with E-state index < -0.39 is 10.0 Å². The highest BCUT2D eigenvalue weighted by atomic mass is 35.5. The van der Waals surface area contributed by atoms with Crippen molar-refractivity contribution >= 4 is 33.2 Å².